The SMILES string of the molecule is Cc1ccc(F)c([C@H](N)CCC(F)(F)F)c1F.Cl. The number of hydrogen-bond donors (Lipinski definition) is 1. The van der Waals surface area contributed by atoms with Crippen molar-refractivity contribution in [3.05, 3.63) is 34.9 Å². The largest absolute Gasteiger partial charge is 0.389 e. The molecule has 7 heteroatoms. The van der Waals surface area contributed by atoms with E-state index in [9.17, 15) is 22.0 Å². The second-order valence-corrected chi connectivity index (χ2v) is 3.85. The number of rotatable bonds is 3. The topological polar surface area (TPSA) is 26.0 Å². The van der Waals surface area contributed by atoms with E-state index in [-0.39, 0.29) is 18.0 Å². The Hall–Kier alpha value is -0.880. The van der Waals surface area contributed by atoms with E-state index in [2.05, 4.69) is 0 Å². The van der Waals surface area contributed by atoms with Crippen LogP contribution in [0.25, 0.3) is 0 Å². The highest BCUT2D eigenvalue weighted by atomic mass is 35.5. The van der Waals surface area contributed by atoms with E-state index in [1.807, 2.05) is 0 Å². The van der Waals surface area contributed by atoms with Crippen molar-refractivity contribution in [1.29, 1.82) is 0 Å². The van der Waals surface area contributed by atoms with Crippen LogP contribution in [-0.2, 0) is 0 Å². The third-order valence-electron chi connectivity index (χ3n) is 2.43. The molecule has 18 heavy (non-hydrogen) atoms. The molecule has 0 amide bonds. The fourth-order valence-corrected chi connectivity index (χ4v) is 1.48. The lowest BCUT2D eigenvalue weighted by Crippen LogP contribution is -2.18. The van der Waals surface area contributed by atoms with Gasteiger partial charge in [0.25, 0.3) is 0 Å². The zero-order chi connectivity index (χ0) is 13.2. The second-order valence-electron chi connectivity index (χ2n) is 3.85. The van der Waals surface area contributed by atoms with Crippen LogP contribution in [0.1, 0.15) is 30.0 Å². The van der Waals surface area contributed by atoms with Gasteiger partial charge in [-0.05, 0) is 25.0 Å². The first kappa shape index (κ1) is 17.1. The van der Waals surface area contributed by atoms with Crippen molar-refractivity contribution in [2.24, 2.45) is 5.73 Å². The quantitative estimate of drug-likeness (QED) is 0.835. The smallest absolute Gasteiger partial charge is 0.324 e. The Morgan fingerprint density at radius 2 is 1.78 bits per heavy atom. The van der Waals surface area contributed by atoms with Gasteiger partial charge in [0, 0.05) is 18.0 Å². The molecular formula is C11H13ClF5N. The van der Waals surface area contributed by atoms with Gasteiger partial charge in [-0.2, -0.15) is 13.2 Å². The molecule has 0 heterocycles. The Kier molecular flexibility index (Phi) is 6.02. The van der Waals surface area contributed by atoms with Gasteiger partial charge in [-0.25, -0.2) is 8.78 Å². The van der Waals surface area contributed by atoms with Crippen molar-refractivity contribution in [1.82, 2.24) is 0 Å². The van der Waals surface area contributed by atoms with Gasteiger partial charge in [-0.1, -0.05) is 6.07 Å². The van der Waals surface area contributed by atoms with Crippen molar-refractivity contribution >= 4 is 12.4 Å². The predicted octanol–water partition coefficient (Wildman–Crippen LogP) is 4.04. The third-order valence-corrected chi connectivity index (χ3v) is 2.43. The van der Waals surface area contributed by atoms with Crippen molar-refractivity contribution in [3.8, 4) is 0 Å². The molecule has 1 rings (SSSR count). The molecule has 0 aliphatic carbocycles. The predicted molar refractivity (Wildman–Crippen MR) is 60.6 cm³/mol. The minimum atomic E-state index is -4.38. The molecule has 0 bridgehead atoms. The molecule has 0 spiro atoms. The molecule has 0 saturated heterocycles. The third kappa shape index (κ3) is 4.42. The summed E-state index contributed by atoms with van der Waals surface area (Å²) in [7, 11) is 0. The fourth-order valence-electron chi connectivity index (χ4n) is 1.48. The van der Waals surface area contributed by atoms with Gasteiger partial charge in [0.2, 0.25) is 0 Å². The fraction of sp³-hybridized carbons (Fsp3) is 0.455. The van der Waals surface area contributed by atoms with Gasteiger partial charge < -0.3 is 5.73 Å². The van der Waals surface area contributed by atoms with Gasteiger partial charge in [-0.15, -0.1) is 12.4 Å². The maximum Gasteiger partial charge on any atom is 0.389 e. The Balaban J connectivity index is 0.00000289. The highest BCUT2D eigenvalue weighted by molar-refractivity contribution is 5.85. The Morgan fingerprint density at radius 1 is 1.22 bits per heavy atom. The minimum absolute atomic E-state index is 0. The standard InChI is InChI=1S/C11H12F5N.ClH/c1-6-2-3-7(12)9(10(6)13)8(17)4-5-11(14,15)16;/h2-3,8H,4-5,17H2,1H3;1H/t8-;/m1./s1. The molecule has 0 aliphatic heterocycles. The first-order valence-electron chi connectivity index (χ1n) is 4.99. The van der Waals surface area contributed by atoms with E-state index in [1.54, 1.807) is 0 Å². The van der Waals surface area contributed by atoms with E-state index in [4.69, 9.17) is 5.73 Å². The summed E-state index contributed by atoms with van der Waals surface area (Å²) in [4.78, 5) is 0. The van der Waals surface area contributed by atoms with E-state index in [0.29, 0.717) is 0 Å². The van der Waals surface area contributed by atoms with Gasteiger partial charge in [-0.3, -0.25) is 0 Å². The summed E-state index contributed by atoms with van der Waals surface area (Å²) in [5.74, 6) is -1.79. The zero-order valence-corrected chi connectivity index (χ0v) is 10.3. The van der Waals surface area contributed by atoms with Gasteiger partial charge in [0.05, 0.1) is 0 Å². The molecule has 2 N–H and O–H groups in total. The van der Waals surface area contributed by atoms with Crippen molar-refractivity contribution < 1.29 is 22.0 Å². The average molecular weight is 290 g/mol. The summed E-state index contributed by atoms with van der Waals surface area (Å²) in [5.41, 5.74) is 5.07. The van der Waals surface area contributed by atoms with E-state index in [0.717, 1.165) is 6.07 Å². The van der Waals surface area contributed by atoms with E-state index in [1.165, 1.54) is 13.0 Å². The summed E-state index contributed by atoms with van der Waals surface area (Å²) in [6.07, 6.45) is -6.09. The average Bonchev–Trinajstić information content (AvgIpc) is 2.20. The number of nitrogens with two attached hydrogens (primary N) is 1. The summed E-state index contributed by atoms with van der Waals surface area (Å²) in [6, 6.07) is 0.919. The normalized spacial score (nSPS) is 13.1. The summed E-state index contributed by atoms with van der Waals surface area (Å²) >= 11 is 0. The molecule has 1 nitrogen and oxygen atoms in total. The molecule has 0 radical (unpaired) electrons. The van der Waals surface area contributed by atoms with Crippen LogP contribution in [0.2, 0.25) is 0 Å². The summed E-state index contributed by atoms with van der Waals surface area (Å²) in [5, 5.41) is 0. The number of alkyl halides is 3. The lowest BCUT2D eigenvalue weighted by molar-refractivity contribution is -0.136. The second kappa shape index (κ2) is 6.33. The lowest BCUT2D eigenvalue weighted by atomic mass is 9.99. The van der Waals surface area contributed by atoms with Crippen LogP contribution in [0.15, 0.2) is 12.1 Å². The van der Waals surface area contributed by atoms with Crippen LogP contribution < -0.4 is 5.73 Å². The molecular weight excluding hydrogens is 277 g/mol. The number of hydrogen-bond acceptors (Lipinski definition) is 1. The van der Waals surface area contributed by atoms with Crippen molar-refractivity contribution in [2.45, 2.75) is 32.0 Å². The van der Waals surface area contributed by atoms with Gasteiger partial charge >= 0.3 is 6.18 Å². The van der Waals surface area contributed by atoms with Crippen LogP contribution in [0.5, 0.6) is 0 Å². The van der Waals surface area contributed by atoms with Crippen LogP contribution in [0, 0.1) is 18.6 Å². The summed E-state index contributed by atoms with van der Waals surface area (Å²) < 4.78 is 62.7. The number of benzene rings is 1. The monoisotopic (exact) mass is 289 g/mol. The molecule has 0 fully saturated rings. The number of aryl methyl sites for hydroxylation is 1. The molecule has 104 valence electrons. The van der Waals surface area contributed by atoms with Crippen molar-refractivity contribution in [3.63, 3.8) is 0 Å². The van der Waals surface area contributed by atoms with Crippen LogP contribution in [0.3, 0.4) is 0 Å². The molecule has 1 aromatic carbocycles. The van der Waals surface area contributed by atoms with E-state index < -0.39 is 42.3 Å². The summed E-state index contributed by atoms with van der Waals surface area (Å²) in [6.45, 7) is 1.40. The Morgan fingerprint density at radius 3 is 2.28 bits per heavy atom. The number of halogens is 6. The van der Waals surface area contributed by atoms with E-state index >= 15 is 0 Å². The first-order valence-corrected chi connectivity index (χ1v) is 4.99. The van der Waals surface area contributed by atoms with Crippen LogP contribution in [-0.4, -0.2) is 6.18 Å². The molecule has 0 aromatic heterocycles. The molecule has 0 saturated carbocycles. The highest BCUT2D eigenvalue weighted by Gasteiger charge is 2.29. The van der Waals surface area contributed by atoms with Gasteiger partial charge in [0.15, 0.2) is 0 Å². The van der Waals surface area contributed by atoms with Gasteiger partial charge in [0.1, 0.15) is 11.6 Å². The molecule has 0 unspecified atom stereocenters. The Bertz CT molecular complexity index is 405. The van der Waals surface area contributed by atoms with Crippen LogP contribution >= 0.6 is 12.4 Å². The van der Waals surface area contributed by atoms with Crippen LogP contribution in [0.4, 0.5) is 22.0 Å². The minimum Gasteiger partial charge on any atom is -0.324 e. The first-order chi connectivity index (χ1) is 7.72. The van der Waals surface area contributed by atoms with Crippen molar-refractivity contribution in [2.75, 3.05) is 0 Å². The molecule has 0 aliphatic rings. The lowest BCUT2D eigenvalue weighted by Gasteiger charge is -2.16. The maximum absolute atomic E-state index is 13.5. The molecule has 1 atom stereocenters. The maximum atomic E-state index is 13.5. The zero-order valence-electron chi connectivity index (χ0n) is 9.52. The molecule has 1 aromatic rings. The highest BCUT2D eigenvalue weighted by Crippen LogP contribution is 2.29. The Labute approximate surface area is 108 Å².